The molecule has 1 heterocycles. The normalized spacial score (nSPS) is 10.9. The van der Waals surface area contributed by atoms with Gasteiger partial charge in [0.15, 0.2) is 5.82 Å². The minimum Gasteiger partial charge on any atom is -0.489 e. The first-order valence-corrected chi connectivity index (χ1v) is 8.29. The number of halogens is 2. The molecule has 3 rings (SSSR count). The molecule has 2 aromatic carbocycles. The maximum atomic E-state index is 13.7. The summed E-state index contributed by atoms with van der Waals surface area (Å²) in [7, 11) is 0. The Hall–Kier alpha value is -3.26. The molecule has 7 nitrogen and oxygen atoms in total. The van der Waals surface area contributed by atoms with Crippen molar-refractivity contribution in [1.82, 2.24) is 15.2 Å². The number of hydrazone groups is 1. The van der Waals surface area contributed by atoms with Gasteiger partial charge in [-0.1, -0.05) is 17.7 Å². The first kappa shape index (κ1) is 18.5. The Kier molecular flexibility index (Phi) is 5.77. The molecular weight excluding hydrogens is 373 g/mol. The van der Waals surface area contributed by atoms with E-state index in [9.17, 15) is 9.18 Å². The van der Waals surface area contributed by atoms with Gasteiger partial charge < -0.3 is 4.74 Å². The Morgan fingerprint density at radius 3 is 2.81 bits per heavy atom. The highest BCUT2D eigenvalue weighted by atomic mass is 35.5. The fourth-order valence-electron chi connectivity index (χ4n) is 2.14. The van der Waals surface area contributed by atoms with Crippen molar-refractivity contribution in [2.45, 2.75) is 13.5 Å². The molecule has 2 N–H and O–H groups in total. The average molecular weight is 388 g/mol. The molecule has 0 aliphatic rings. The van der Waals surface area contributed by atoms with Crippen LogP contribution in [0.1, 0.15) is 16.8 Å². The van der Waals surface area contributed by atoms with Crippen molar-refractivity contribution < 1.29 is 9.13 Å². The zero-order valence-corrected chi connectivity index (χ0v) is 15.0. The third kappa shape index (κ3) is 4.89. The summed E-state index contributed by atoms with van der Waals surface area (Å²) in [5.41, 5.74) is 3.71. The maximum Gasteiger partial charge on any atom is 0.363 e. The van der Waals surface area contributed by atoms with Crippen LogP contribution in [0, 0.1) is 12.7 Å². The quantitative estimate of drug-likeness (QED) is 0.500. The molecule has 0 bridgehead atoms. The molecule has 0 atom stereocenters. The van der Waals surface area contributed by atoms with Crippen LogP contribution in [-0.2, 0) is 6.61 Å². The predicted molar refractivity (Wildman–Crippen MR) is 101 cm³/mol. The van der Waals surface area contributed by atoms with Crippen molar-refractivity contribution in [2.75, 3.05) is 5.43 Å². The van der Waals surface area contributed by atoms with Crippen LogP contribution in [0.15, 0.2) is 52.4 Å². The zero-order chi connectivity index (χ0) is 19.2. The van der Waals surface area contributed by atoms with Crippen LogP contribution in [0.25, 0.3) is 0 Å². The van der Waals surface area contributed by atoms with E-state index >= 15 is 0 Å². The van der Waals surface area contributed by atoms with Gasteiger partial charge in [-0.05, 0) is 48.9 Å². The Morgan fingerprint density at radius 2 is 2.07 bits per heavy atom. The molecule has 0 aliphatic heterocycles. The van der Waals surface area contributed by atoms with Gasteiger partial charge in [0.25, 0.3) is 0 Å². The van der Waals surface area contributed by atoms with Crippen molar-refractivity contribution in [3.8, 4) is 5.75 Å². The second-order valence-corrected chi connectivity index (χ2v) is 5.91. The van der Waals surface area contributed by atoms with E-state index in [1.54, 1.807) is 49.5 Å². The average Bonchev–Trinajstić information content (AvgIpc) is 2.65. The molecule has 9 heteroatoms. The van der Waals surface area contributed by atoms with E-state index < -0.39 is 11.5 Å². The van der Waals surface area contributed by atoms with Crippen LogP contribution in [0.3, 0.4) is 0 Å². The van der Waals surface area contributed by atoms with E-state index in [2.05, 4.69) is 25.7 Å². The zero-order valence-electron chi connectivity index (χ0n) is 14.2. The molecular formula is C18H15ClFN5O2. The number of hydrogen-bond donors (Lipinski definition) is 2. The van der Waals surface area contributed by atoms with Crippen molar-refractivity contribution in [3.05, 3.63) is 80.6 Å². The van der Waals surface area contributed by atoms with Gasteiger partial charge in [-0.15, -0.1) is 0 Å². The van der Waals surface area contributed by atoms with Crippen molar-refractivity contribution in [1.29, 1.82) is 0 Å². The van der Waals surface area contributed by atoms with Gasteiger partial charge in [-0.25, -0.2) is 14.3 Å². The summed E-state index contributed by atoms with van der Waals surface area (Å²) in [6.07, 6.45) is 1.56. The van der Waals surface area contributed by atoms with E-state index in [0.717, 1.165) is 5.56 Å². The number of aromatic amines is 1. The van der Waals surface area contributed by atoms with Crippen molar-refractivity contribution in [2.24, 2.45) is 5.10 Å². The highest BCUT2D eigenvalue weighted by Gasteiger charge is 2.07. The summed E-state index contributed by atoms with van der Waals surface area (Å²) in [6, 6.07) is 11.5. The molecule has 0 spiro atoms. The SMILES string of the molecule is Cc1n[nH]c(=O)nc1N/N=C\c1ccc(OCc2c(F)cccc2Cl)cc1. The second-order valence-electron chi connectivity index (χ2n) is 5.50. The fraction of sp³-hybridized carbons (Fsp3) is 0.111. The highest BCUT2D eigenvalue weighted by Crippen LogP contribution is 2.21. The van der Waals surface area contributed by atoms with Gasteiger partial charge in [0.2, 0.25) is 0 Å². The van der Waals surface area contributed by atoms with Gasteiger partial charge in [0, 0.05) is 5.56 Å². The van der Waals surface area contributed by atoms with Crippen molar-refractivity contribution in [3.63, 3.8) is 0 Å². The number of nitrogens with one attached hydrogen (secondary N) is 2. The van der Waals surface area contributed by atoms with Gasteiger partial charge in [0.1, 0.15) is 23.9 Å². The lowest BCUT2D eigenvalue weighted by Crippen LogP contribution is -2.15. The number of anilines is 1. The number of nitrogens with zero attached hydrogens (tertiary/aromatic N) is 3. The van der Waals surface area contributed by atoms with Crippen LogP contribution in [-0.4, -0.2) is 21.4 Å². The molecule has 0 amide bonds. The van der Waals surface area contributed by atoms with Crippen LogP contribution in [0.4, 0.5) is 10.2 Å². The third-order valence-electron chi connectivity index (χ3n) is 3.58. The minimum atomic E-state index is -0.560. The van der Waals surface area contributed by atoms with Gasteiger partial charge in [-0.2, -0.15) is 15.2 Å². The summed E-state index contributed by atoms with van der Waals surface area (Å²) in [4.78, 5) is 14.9. The molecule has 0 aliphatic carbocycles. The topological polar surface area (TPSA) is 92.3 Å². The number of rotatable bonds is 6. The van der Waals surface area contributed by atoms with E-state index in [4.69, 9.17) is 16.3 Å². The first-order chi connectivity index (χ1) is 13.0. The molecule has 0 radical (unpaired) electrons. The molecule has 0 unspecified atom stereocenters. The Morgan fingerprint density at radius 1 is 1.30 bits per heavy atom. The number of H-pyrrole nitrogens is 1. The highest BCUT2D eigenvalue weighted by molar-refractivity contribution is 6.31. The summed E-state index contributed by atoms with van der Waals surface area (Å²) in [5.74, 6) is 0.433. The van der Waals surface area contributed by atoms with Gasteiger partial charge in [-0.3, -0.25) is 5.43 Å². The van der Waals surface area contributed by atoms with Crippen LogP contribution in [0.5, 0.6) is 5.75 Å². The lowest BCUT2D eigenvalue weighted by molar-refractivity contribution is 0.300. The molecule has 3 aromatic rings. The standard InChI is InChI=1S/C18H15ClFN5O2/c1-11-17(22-18(26)25-23-11)24-21-9-12-5-7-13(8-6-12)27-10-14-15(19)3-2-4-16(14)20/h2-9H,10H2,1H3,(H2,22,24,25,26)/b21-9-. The molecule has 138 valence electrons. The lowest BCUT2D eigenvalue weighted by Gasteiger charge is -2.09. The summed E-state index contributed by atoms with van der Waals surface area (Å²) in [5, 5.41) is 10.4. The number of hydrogen-bond acceptors (Lipinski definition) is 6. The number of ether oxygens (including phenoxy) is 1. The predicted octanol–water partition coefficient (Wildman–Crippen LogP) is 3.29. The monoisotopic (exact) mass is 387 g/mol. The van der Waals surface area contributed by atoms with E-state index in [-0.39, 0.29) is 12.4 Å². The fourth-order valence-corrected chi connectivity index (χ4v) is 2.36. The minimum absolute atomic E-state index is 0.0288. The summed E-state index contributed by atoms with van der Waals surface area (Å²) in [6.45, 7) is 1.72. The third-order valence-corrected chi connectivity index (χ3v) is 3.94. The molecule has 0 saturated carbocycles. The Labute approximate surface area is 158 Å². The van der Waals surface area contributed by atoms with Gasteiger partial charge >= 0.3 is 5.69 Å². The van der Waals surface area contributed by atoms with E-state index in [1.807, 2.05) is 0 Å². The van der Waals surface area contributed by atoms with E-state index in [1.165, 1.54) is 6.07 Å². The Bertz CT molecular complexity index is 1000. The summed E-state index contributed by atoms with van der Waals surface area (Å²) >= 11 is 5.97. The van der Waals surface area contributed by atoms with Crippen molar-refractivity contribution >= 4 is 23.6 Å². The van der Waals surface area contributed by atoms with Crippen LogP contribution >= 0.6 is 11.6 Å². The smallest absolute Gasteiger partial charge is 0.363 e. The molecule has 0 fully saturated rings. The summed E-state index contributed by atoms with van der Waals surface area (Å²) < 4.78 is 19.3. The number of aryl methyl sites for hydroxylation is 1. The first-order valence-electron chi connectivity index (χ1n) is 7.91. The van der Waals surface area contributed by atoms with Crippen LogP contribution in [0.2, 0.25) is 5.02 Å². The molecule has 27 heavy (non-hydrogen) atoms. The number of benzene rings is 2. The van der Waals surface area contributed by atoms with Crippen LogP contribution < -0.4 is 15.9 Å². The maximum absolute atomic E-state index is 13.7. The van der Waals surface area contributed by atoms with Gasteiger partial charge in [0.05, 0.1) is 11.2 Å². The van der Waals surface area contributed by atoms with E-state index in [0.29, 0.717) is 22.0 Å². The second kappa shape index (κ2) is 8.41. The molecule has 1 aromatic heterocycles. The Balaban J connectivity index is 1.60. The largest absolute Gasteiger partial charge is 0.489 e. The number of aromatic nitrogens is 3. The lowest BCUT2D eigenvalue weighted by atomic mass is 10.2. The molecule has 0 saturated heterocycles.